The third kappa shape index (κ3) is 2.97. The molecule has 0 bridgehead atoms. The Kier molecular flexibility index (Phi) is 4.79. The Morgan fingerprint density at radius 3 is 2.69 bits per heavy atom. The Morgan fingerprint density at radius 2 is 2.12 bits per heavy atom. The molecule has 0 heterocycles. The van der Waals surface area contributed by atoms with Gasteiger partial charge in [-0.3, -0.25) is 4.79 Å². The molecule has 1 rings (SSSR count). The molecule has 0 aliphatic heterocycles. The van der Waals surface area contributed by atoms with E-state index in [-0.39, 0.29) is 19.1 Å². The molecule has 1 amide bonds. The highest BCUT2D eigenvalue weighted by atomic mass is 16.3. The third-order valence-electron chi connectivity index (χ3n) is 2.32. The molecule has 0 radical (unpaired) electrons. The van der Waals surface area contributed by atoms with Gasteiger partial charge in [-0.2, -0.15) is 0 Å². The van der Waals surface area contributed by atoms with Gasteiger partial charge in [-0.1, -0.05) is 19.1 Å². The number of aliphatic hydroxyl groups excluding tert-OH is 1. The number of benzene rings is 1. The van der Waals surface area contributed by atoms with Gasteiger partial charge in [-0.15, -0.1) is 0 Å². The van der Waals surface area contributed by atoms with Crippen LogP contribution >= 0.6 is 0 Å². The summed E-state index contributed by atoms with van der Waals surface area (Å²) in [6, 6.07) is 7.19. The number of carbonyl (C=O) groups excluding carboxylic acids is 1. The molecular weight excluding hydrogens is 204 g/mol. The number of nitrogen functional groups attached to an aromatic ring is 1. The lowest BCUT2D eigenvalue weighted by Gasteiger charge is -2.23. The molecule has 0 spiro atoms. The quantitative estimate of drug-likeness (QED) is 0.740. The van der Waals surface area contributed by atoms with Gasteiger partial charge < -0.3 is 15.7 Å². The second-order valence-corrected chi connectivity index (χ2v) is 3.58. The van der Waals surface area contributed by atoms with Crippen LogP contribution in [0.1, 0.15) is 19.8 Å². The van der Waals surface area contributed by atoms with Crippen molar-refractivity contribution in [2.24, 2.45) is 0 Å². The van der Waals surface area contributed by atoms with E-state index in [4.69, 9.17) is 10.8 Å². The molecule has 0 aromatic heterocycles. The number of rotatable bonds is 5. The number of para-hydroxylation sites is 2. The summed E-state index contributed by atoms with van der Waals surface area (Å²) >= 11 is 0. The molecule has 0 aliphatic rings. The fraction of sp³-hybridized carbons (Fsp3) is 0.417. The van der Waals surface area contributed by atoms with Gasteiger partial charge in [0.25, 0.3) is 0 Å². The predicted molar refractivity (Wildman–Crippen MR) is 65.2 cm³/mol. The average molecular weight is 222 g/mol. The number of aliphatic hydroxyl groups is 1. The zero-order chi connectivity index (χ0) is 12.0. The molecule has 16 heavy (non-hydrogen) atoms. The Bertz CT molecular complexity index is 353. The SMILES string of the molecule is CCCC(=O)N(CCO)c1ccccc1N. The second-order valence-electron chi connectivity index (χ2n) is 3.58. The molecule has 4 nitrogen and oxygen atoms in total. The first kappa shape index (κ1) is 12.5. The van der Waals surface area contributed by atoms with Crippen molar-refractivity contribution in [3.05, 3.63) is 24.3 Å². The summed E-state index contributed by atoms with van der Waals surface area (Å²) in [7, 11) is 0. The fourth-order valence-corrected chi connectivity index (χ4v) is 1.56. The molecule has 0 unspecified atom stereocenters. The first-order valence-electron chi connectivity index (χ1n) is 5.46. The monoisotopic (exact) mass is 222 g/mol. The molecule has 1 aromatic rings. The number of carbonyl (C=O) groups is 1. The van der Waals surface area contributed by atoms with Crippen LogP contribution in [-0.2, 0) is 4.79 Å². The van der Waals surface area contributed by atoms with Gasteiger partial charge in [-0.25, -0.2) is 0 Å². The summed E-state index contributed by atoms with van der Waals surface area (Å²) in [5, 5.41) is 8.97. The zero-order valence-corrected chi connectivity index (χ0v) is 9.52. The summed E-state index contributed by atoms with van der Waals surface area (Å²) in [5.74, 6) is -0.00514. The fourth-order valence-electron chi connectivity index (χ4n) is 1.56. The molecule has 0 atom stereocenters. The van der Waals surface area contributed by atoms with Crippen LogP contribution < -0.4 is 10.6 Å². The van der Waals surface area contributed by atoms with E-state index in [1.165, 1.54) is 0 Å². The summed E-state index contributed by atoms with van der Waals surface area (Å²) in [6.07, 6.45) is 1.25. The van der Waals surface area contributed by atoms with Crippen LogP contribution in [0, 0.1) is 0 Å². The van der Waals surface area contributed by atoms with E-state index in [1.807, 2.05) is 19.1 Å². The highest BCUT2D eigenvalue weighted by molar-refractivity contribution is 5.96. The van der Waals surface area contributed by atoms with Crippen molar-refractivity contribution in [3.8, 4) is 0 Å². The Hall–Kier alpha value is -1.55. The van der Waals surface area contributed by atoms with E-state index in [2.05, 4.69) is 0 Å². The molecule has 3 N–H and O–H groups in total. The van der Waals surface area contributed by atoms with Crippen LogP contribution in [0.5, 0.6) is 0 Å². The van der Waals surface area contributed by atoms with Crippen LogP contribution in [0.25, 0.3) is 0 Å². The van der Waals surface area contributed by atoms with E-state index < -0.39 is 0 Å². The van der Waals surface area contributed by atoms with Crippen molar-refractivity contribution in [1.29, 1.82) is 0 Å². The Morgan fingerprint density at radius 1 is 1.44 bits per heavy atom. The van der Waals surface area contributed by atoms with E-state index in [0.717, 1.165) is 6.42 Å². The minimum absolute atomic E-state index is 0.00514. The third-order valence-corrected chi connectivity index (χ3v) is 2.32. The van der Waals surface area contributed by atoms with Crippen molar-refractivity contribution < 1.29 is 9.90 Å². The van der Waals surface area contributed by atoms with Gasteiger partial charge in [-0.05, 0) is 18.6 Å². The number of nitrogens with two attached hydrogens (primary N) is 1. The predicted octanol–water partition coefficient (Wildman–Crippen LogP) is 1.39. The minimum Gasteiger partial charge on any atom is -0.397 e. The average Bonchev–Trinajstić information content (AvgIpc) is 2.27. The lowest BCUT2D eigenvalue weighted by atomic mass is 10.2. The number of anilines is 2. The van der Waals surface area contributed by atoms with Gasteiger partial charge in [0.15, 0.2) is 0 Å². The molecule has 0 saturated heterocycles. The van der Waals surface area contributed by atoms with Crippen molar-refractivity contribution >= 4 is 17.3 Å². The molecule has 0 saturated carbocycles. The molecule has 0 aliphatic carbocycles. The maximum absolute atomic E-state index is 11.8. The molecule has 1 aromatic carbocycles. The summed E-state index contributed by atoms with van der Waals surface area (Å²) in [4.78, 5) is 13.4. The number of hydrogen-bond acceptors (Lipinski definition) is 3. The van der Waals surface area contributed by atoms with E-state index in [9.17, 15) is 4.79 Å². The van der Waals surface area contributed by atoms with Gasteiger partial charge in [0, 0.05) is 13.0 Å². The van der Waals surface area contributed by atoms with Gasteiger partial charge >= 0.3 is 0 Å². The lowest BCUT2D eigenvalue weighted by molar-refractivity contribution is -0.118. The van der Waals surface area contributed by atoms with Crippen molar-refractivity contribution in [3.63, 3.8) is 0 Å². The van der Waals surface area contributed by atoms with Crippen LogP contribution in [0.15, 0.2) is 24.3 Å². The molecule has 88 valence electrons. The van der Waals surface area contributed by atoms with Gasteiger partial charge in [0.1, 0.15) is 0 Å². The topological polar surface area (TPSA) is 66.6 Å². The molecular formula is C12H18N2O2. The normalized spacial score (nSPS) is 10.1. The van der Waals surface area contributed by atoms with E-state index in [0.29, 0.717) is 17.8 Å². The second kappa shape index (κ2) is 6.12. The molecule has 0 fully saturated rings. The van der Waals surface area contributed by atoms with Crippen LogP contribution in [-0.4, -0.2) is 24.2 Å². The van der Waals surface area contributed by atoms with Crippen LogP contribution in [0.3, 0.4) is 0 Å². The highest BCUT2D eigenvalue weighted by Gasteiger charge is 2.15. The number of nitrogens with zero attached hydrogens (tertiary/aromatic N) is 1. The number of hydrogen-bond donors (Lipinski definition) is 2. The summed E-state index contributed by atoms with van der Waals surface area (Å²) < 4.78 is 0. The van der Waals surface area contributed by atoms with Gasteiger partial charge in [0.2, 0.25) is 5.91 Å². The highest BCUT2D eigenvalue weighted by Crippen LogP contribution is 2.23. The maximum Gasteiger partial charge on any atom is 0.227 e. The largest absolute Gasteiger partial charge is 0.397 e. The first-order valence-corrected chi connectivity index (χ1v) is 5.46. The summed E-state index contributed by atoms with van der Waals surface area (Å²) in [6.45, 7) is 2.17. The van der Waals surface area contributed by atoms with Crippen molar-refractivity contribution in [2.45, 2.75) is 19.8 Å². The summed E-state index contributed by atoms with van der Waals surface area (Å²) in [5.41, 5.74) is 7.04. The number of amides is 1. The Balaban J connectivity index is 2.93. The van der Waals surface area contributed by atoms with E-state index >= 15 is 0 Å². The van der Waals surface area contributed by atoms with Crippen LogP contribution in [0.2, 0.25) is 0 Å². The first-order chi connectivity index (χ1) is 7.70. The lowest BCUT2D eigenvalue weighted by Crippen LogP contribution is -2.33. The van der Waals surface area contributed by atoms with E-state index in [1.54, 1.807) is 17.0 Å². The van der Waals surface area contributed by atoms with Crippen molar-refractivity contribution in [1.82, 2.24) is 0 Å². The van der Waals surface area contributed by atoms with Gasteiger partial charge in [0.05, 0.1) is 18.0 Å². The smallest absolute Gasteiger partial charge is 0.227 e. The van der Waals surface area contributed by atoms with Crippen LogP contribution in [0.4, 0.5) is 11.4 Å². The minimum atomic E-state index is -0.0657. The Labute approximate surface area is 95.7 Å². The zero-order valence-electron chi connectivity index (χ0n) is 9.52. The standard InChI is InChI=1S/C12H18N2O2/c1-2-5-12(16)14(8-9-15)11-7-4-3-6-10(11)13/h3-4,6-7,15H,2,5,8-9,13H2,1H3. The van der Waals surface area contributed by atoms with Crippen molar-refractivity contribution in [2.75, 3.05) is 23.8 Å². The maximum atomic E-state index is 11.8. The molecule has 4 heteroatoms.